The van der Waals surface area contributed by atoms with Crippen LogP contribution in [-0.4, -0.2) is 35.6 Å². The SMILES string of the molecule is CN(C)c1ccc([C@@H](CNS(=O)(=O)c2ccc(Cl)s2)N2CCc3ccccc32)cc1. The molecule has 0 saturated heterocycles. The van der Waals surface area contributed by atoms with Crippen molar-refractivity contribution in [2.45, 2.75) is 16.7 Å². The standard InChI is InChI=1S/C22H24ClN3O2S2/c1-25(2)18-9-7-17(8-10-18)20(26-14-13-16-5-3-4-6-19(16)26)15-24-30(27,28)22-12-11-21(23)29-22/h3-12,20,24H,13-15H2,1-2H3/t20-/m1/s1. The summed E-state index contributed by atoms with van der Waals surface area (Å²) >= 11 is 7.00. The molecule has 1 aliphatic heterocycles. The molecule has 0 fully saturated rings. The number of nitrogens with one attached hydrogen (secondary N) is 1. The Morgan fingerprint density at radius 2 is 1.83 bits per heavy atom. The lowest BCUT2D eigenvalue weighted by Gasteiger charge is -2.31. The molecule has 30 heavy (non-hydrogen) atoms. The number of para-hydroxylation sites is 1. The third-order valence-corrected chi connectivity index (χ3v) is 8.52. The van der Waals surface area contributed by atoms with Gasteiger partial charge in [-0.2, -0.15) is 0 Å². The van der Waals surface area contributed by atoms with Crippen molar-refractivity contribution in [2.75, 3.05) is 37.0 Å². The molecule has 2 aromatic carbocycles. The lowest BCUT2D eigenvalue weighted by Crippen LogP contribution is -2.37. The summed E-state index contributed by atoms with van der Waals surface area (Å²) in [6.07, 6.45) is 0.954. The van der Waals surface area contributed by atoms with Crippen molar-refractivity contribution >= 4 is 44.3 Å². The molecule has 1 aliphatic rings. The summed E-state index contributed by atoms with van der Waals surface area (Å²) in [7, 11) is 0.385. The van der Waals surface area contributed by atoms with Crippen LogP contribution in [0.4, 0.5) is 11.4 Å². The molecule has 5 nitrogen and oxygen atoms in total. The first-order valence-electron chi connectivity index (χ1n) is 9.72. The average molecular weight is 462 g/mol. The van der Waals surface area contributed by atoms with Crippen molar-refractivity contribution in [3.8, 4) is 0 Å². The quantitative estimate of drug-likeness (QED) is 0.560. The van der Waals surface area contributed by atoms with E-state index in [1.807, 2.05) is 31.1 Å². The summed E-state index contributed by atoms with van der Waals surface area (Å²) < 4.78 is 29.1. The lowest BCUT2D eigenvalue weighted by atomic mass is 10.0. The van der Waals surface area contributed by atoms with Crippen LogP contribution >= 0.6 is 22.9 Å². The smallest absolute Gasteiger partial charge is 0.250 e. The fraction of sp³-hybridized carbons (Fsp3) is 0.273. The first-order chi connectivity index (χ1) is 14.3. The maximum Gasteiger partial charge on any atom is 0.250 e. The minimum atomic E-state index is -3.62. The summed E-state index contributed by atoms with van der Waals surface area (Å²) in [6.45, 7) is 1.12. The highest BCUT2D eigenvalue weighted by Crippen LogP contribution is 2.35. The Labute approximate surface area is 187 Å². The van der Waals surface area contributed by atoms with Gasteiger partial charge in [0.05, 0.1) is 10.4 Å². The van der Waals surface area contributed by atoms with E-state index < -0.39 is 10.0 Å². The van der Waals surface area contributed by atoms with Crippen molar-refractivity contribution in [2.24, 2.45) is 0 Å². The number of hydrogen-bond donors (Lipinski definition) is 1. The van der Waals surface area contributed by atoms with Crippen LogP contribution in [0.3, 0.4) is 0 Å². The van der Waals surface area contributed by atoms with Gasteiger partial charge in [0.25, 0.3) is 0 Å². The zero-order valence-corrected chi connectivity index (χ0v) is 19.3. The maximum atomic E-state index is 12.8. The maximum absolute atomic E-state index is 12.8. The third-order valence-electron chi connectivity index (χ3n) is 5.37. The molecule has 0 aliphatic carbocycles. The normalized spacial score (nSPS) is 14.6. The van der Waals surface area contributed by atoms with E-state index in [-0.39, 0.29) is 16.8 Å². The Morgan fingerprint density at radius 1 is 1.10 bits per heavy atom. The van der Waals surface area contributed by atoms with Gasteiger partial charge in [-0.15, -0.1) is 11.3 Å². The lowest BCUT2D eigenvalue weighted by molar-refractivity contribution is 0.564. The van der Waals surface area contributed by atoms with Crippen molar-refractivity contribution < 1.29 is 8.42 Å². The second-order valence-electron chi connectivity index (χ2n) is 7.48. The third kappa shape index (κ3) is 4.34. The molecule has 0 bridgehead atoms. The van der Waals surface area contributed by atoms with Gasteiger partial charge in [-0.3, -0.25) is 0 Å². The van der Waals surface area contributed by atoms with Crippen LogP contribution in [0.5, 0.6) is 0 Å². The molecule has 0 unspecified atom stereocenters. The van der Waals surface area contributed by atoms with Gasteiger partial charge in [-0.25, -0.2) is 13.1 Å². The van der Waals surface area contributed by atoms with E-state index >= 15 is 0 Å². The van der Waals surface area contributed by atoms with Gasteiger partial charge in [-0.1, -0.05) is 41.9 Å². The van der Waals surface area contributed by atoms with Crippen LogP contribution in [0.25, 0.3) is 0 Å². The zero-order chi connectivity index (χ0) is 21.3. The molecule has 158 valence electrons. The highest BCUT2D eigenvalue weighted by atomic mass is 35.5. The van der Waals surface area contributed by atoms with Crippen LogP contribution < -0.4 is 14.5 Å². The summed E-state index contributed by atoms with van der Waals surface area (Å²) in [5, 5.41) is 0. The van der Waals surface area contributed by atoms with E-state index in [0.29, 0.717) is 4.34 Å². The van der Waals surface area contributed by atoms with Crippen LogP contribution in [0.1, 0.15) is 17.2 Å². The fourth-order valence-electron chi connectivity index (χ4n) is 3.79. The minimum absolute atomic E-state index is 0.116. The van der Waals surface area contributed by atoms with E-state index in [1.54, 1.807) is 12.1 Å². The first-order valence-corrected chi connectivity index (χ1v) is 12.4. The number of sulfonamides is 1. The molecule has 2 heterocycles. The fourth-order valence-corrected chi connectivity index (χ4v) is 6.36. The molecule has 1 atom stereocenters. The van der Waals surface area contributed by atoms with Crippen LogP contribution in [-0.2, 0) is 16.4 Å². The first kappa shape index (κ1) is 21.2. The highest BCUT2D eigenvalue weighted by molar-refractivity contribution is 7.91. The number of thiophene rings is 1. The van der Waals surface area contributed by atoms with Crippen LogP contribution in [0, 0.1) is 0 Å². The molecule has 0 amide bonds. The predicted molar refractivity (Wildman–Crippen MR) is 126 cm³/mol. The average Bonchev–Trinajstić information content (AvgIpc) is 3.36. The van der Waals surface area contributed by atoms with Crippen molar-refractivity contribution in [1.82, 2.24) is 4.72 Å². The van der Waals surface area contributed by atoms with E-state index in [2.05, 4.69) is 46.0 Å². The van der Waals surface area contributed by atoms with E-state index in [4.69, 9.17) is 11.6 Å². The Balaban J connectivity index is 1.64. The number of rotatable bonds is 7. The molecule has 0 saturated carbocycles. The number of fused-ring (bicyclic) bond motifs is 1. The Bertz CT molecular complexity index is 1130. The zero-order valence-electron chi connectivity index (χ0n) is 16.9. The summed E-state index contributed by atoms with van der Waals surface area (Å²) in [4.78, 5) is 4.34. The molecule has 1 aromatic heterocycles. The largest absolute Gasteiger partial charge is 0.378 e. The highest BCUT2D eigenvalue weighted by Gasteiger charge is 2.29. The van der Waals surface area contributed by atoms with Crippen molar-refractivity contribution in [3.63, 3.8) is 0 Å². The minimum Gasteiger partial charge on any atom is -0.378 e. The molecule has 0 spiro atoms. The second kappa shape index (κ2) is 8.59. The Kier molecular flexibility index (Phi) is 6.06. The number of halogens is 1. The molecule has 0 radical (unpaired) electrons. The van der Waals surface area contributed by atoms with Crippen molar-refractivity contribution in [3.05, 3.63) is 76.1 Å². The van der Waals surface area contributed by atoms with Gasteiger partial charge in [-0.05, 0) is 47.9 Å². The monoisotopic (exact) mass is 461 g/mol. The van der Waals surface area contributed by atoms with Gasteiger partial charge < -0.3 is 9.80 Å². The van der Waals surface area contributed by atoms with Crippen LogP contribution in [0.2, 0.25) is 4.34 Å². The van der Waals surface area contributed by atoms with Gasteiger partial charge in [0, 0.05) is 38.6 Å². The van der Waals surface area contributed by atoms with E-state index in [1.165, 1.54) is 5.56 Å². The number of hydrogen-bond acceptors (Lipinski definition) is 5. The summed E-state index contributed by atoms with van der Waals surface area (Å²) in [6, 6.07) is 19.7. The number of benzene rings is 2. The molecule has 1 N–H and O–H groups in total. The van der Waals surface area contributed by atoms with Gasteiger partial charge >= 0.3 is 0 Å². The molecular formula is C22H24ClN3O2S2. The molecule has 4 rings (SSSR count). The van der Waals surface area contributed by atoms with Gasteiger partial charge in [0.15, 0.2) is 0 Å². The number of nitrogens with zero attached hydrogens (tertiary/aromatic N) is 2. The topological polar surface area (TPSA) is 52.7 Å². The van der Waals surface area contributed by atoms with Gasteiger partial charge in [0.1, 0.15) is 4.21 Å². The molecular weight excluding hydrogens is 438 g/mol. The predicted octanol–water partition coefficient (Wildman–Crippen LogP) is 4.55. The summed E-state index contributed by atoms with van der Waals surface area (Å²) in [5.74, 6) is 0. The second-order valence-corrected chi connectivity index (χ2v) is 11.2. The van der Waals surface area contributed by atoms with Crippen LogP contribution in [0.15, 0.2) is 64.9 Å². The van der Waals surface area contributed by atoms with E-state index in [0.717, 1.165) is 41.2 Å². The van der Waals surface area contributed by atoms with Gasteiger partial charge in [0.2, 0.25) is 10.0 Å². The number of anilines is 2. The molecule has 3 aromatic rings. The molecule has 8 heteroatoms. The van der Waals surface area contributed by atoms with Crippen molar-refractivity contribution in [1.29, 1.82) is 0 Å². The van der Waals surface area contributed by atoms with E-state index in [9.17, 15) is 8.42 Å². The Morgan fingerprint density at radius 3 is 2.50 bits per heavy atom. The summed E-state index contributed by atoms with van der Waals surface area (Å²) in [5.41, 5.74) is 4.63. The Hall–Kier alpha value is -2.06.